The summed E-state index contributed by atoms with van der Waals surface area (Å²) in [6.45, 7) is 5.30. The van der Waals surface area contributed by atoms with Crippen LogP contribution in [-0.2, 0) is 26.0 Å². The molecular formula is C29H30N2O5S2. The summed E-state index contributed by atoms with van der Waals surface area (Å²) in [5.41, 5.74) is 3.77. The standard InChI is InChI=1S/C29H30N2O5S2/c1-19-14-20(2)28(21(3)15-19)38(34,35)31(13-12-22-8-6-5-7-9-22)18-27(32)30-24-10-11-25-23(16-24)17-26(37-25)29(33)36-4/h5-11,14-17H,12-13,18H2,1-4H3,(H,30,32). The number of hydrogen-bond acceptors (Lipinski definition) is 6. The van der Waals surface area contributed by atoms with Crippen molar-refractivity contribution in [1.82, 2.24) is 4.31 Å². The van der Waals surface area contributed by atoms with Gasteiger partial charge in [-0.05, 0) is 73.5 Å². The average molecular weight is 551 g/mol. The number of fused-ring (bicyclic) bond motifs is 1. The molecule has 0 aliphatic rings. The zero-order valence-electron chi connectivity index (χ0n) is 21.8. The number of amides is 1. The van der Waals surface area contributed by atoms with E-state index in [1.165, 1.54) is 22.8 Å². The Bertz CT molecular complexity index is 1570. The van der Waals surface area contributed by atoms with Crippen LogP contribution < -0.4 is 5.32 Å². The first-order chi connectivity index (χ1) is 18.1. The first-order valence-electron chi connectivity index (χ1n) is 12.1. The van der Waals surface area contributed by atoms with E-state index in [2.05, 4.69) is 5.32 Å². The number of carbonyl (C=O) groups is 2. The van der Waals surface area contributed by atoms with Gasteiger partial charge in [-0.1, -0.05) is 48.0 Å². The molecule has 0 radical (unpaired) electrons. The summed E-state index contributed by atoms with van der Waals surface area (Å²) >= 11 is 1.30. The molecule has 198 valence electrons. The van der Waals surface area contributed by atoms with Gasteiger partial charge in [0, 0.05) is 16.9 Å². The van der Waals surface area contributed by atoms with Crippen LogP contribution in [0.15, 0.2) is 71.6 Å². The van der Waals surface area contributed by atoms with E-state index >= 15 is 0 Å². The minimum atomic E-state index is -3.96. The minimum Gasteiger partial charge on any atom is -0.465 e. The van der Waals surface area contributed by atoms with Gasteiger partial charge in [0.2, 0.25) is 15.9 Å². The molecule has 0 aliphatic heterocycles. The monoisotopic (exact) mass is 550 g/mol. The van der Waals surface area contributed by atoms with E-state index in [0.29, 0.717) is 28.1 Å². The molecule has 0 bridgehead atoms. The number of nitrogens with zero attached hydrogens (tertiary/aromatic N) is 1. The van der Waals surface area contributed by atoms with Gasteiger partial charge in [0.15, 0.2) is 0 Å². The molecule has 7 nitrogen and oxygen atoms in total. The van der Waals surface area contributed by atoms with Crippen LogP contribution in [-0.4, -0.2) is 44.8 Å². The second kappa shape index (κ2) is 11.5. The Balaban J connectivity index is 1.59. The second-order valence-corrected chi connectivity index (χ2v) is 12.2. The number of methoxy groups -OCH3 is 1. The van der Waals surface area contributed by atoms with E-state index in [-0.39, 0.29) is 18.0 Å². The van der Waals surface area contributed by atoms with Gasteiger partial charge in [-0.25, -0.2) is 13.2 Å². The SMILES string of the molecule is COC(=O)c1cc2cc(NC(=O)CN(CCc3ccccc3)S(=O)(=O)c3c(C)cc(C)cc3C)ccc2s1. The molecule has 0 saturated carbocycles. The van der Waals surface area contributed by atoms with Gasteiger partial charge in [-0.2, -0.15) is 4.31 Å². The number of rotatable bonds is 9. The average Bonchev–Trinajstić information content (AvgIpc) is 3.29. The summed E-state index contributed by atoms with van der Waals surface area (Å²) in [5, 5.41) is 3.61. The lowest BCUT2D eigenvalue weighted by Crippen LogP contribution is -2.39. The maximum absolute atomic E-state index is 13.9. The van der Waals surface area contributed by atoms with Crippen molar-refractivity contribution in [3.05, 3.63) is 93.9 Å². The Labute approximate surface area is 227 Å². The van der Waals surface area contributed by atoms with Crippen molar-refractivity contribution in [3.63, 3.8) is 0 Å². The number of esters is 1. The van der Waals surface area contributed by atoms with Crippen molar-refractivity contribution in [2.45, 2.75) is 32.1 Å². The maximum Gasteiger partial charge on any atom is 0.348 e. The van der Waals surface area contributed by atoms with Gasteiger partial charge in [0.05, 0.1) is 18.6 Å². The number of benzene rings is 3. The van der Waals surface area contributed by atoms with Crippen LogP contribution in [0.3, 0.4) is 0 Å². The Hall–Kier alpha value is -3.53. The van der Waals surface area contributed by atoms with Gasteiger partial charge in [0.25, 0.3) is 0 Å². The zero-order chi connectivity index (χ0) is 27.4. The molecule has 4 aromatic rings. The first kappa shape index (κ1) is 27.5. The number of thiophene rings is 1. The van der Waals surface area contributed by atoms with Crippen molar-refractivity contribution >= 4 is 49.0 Å². The molecule has 38 heavy (non-hydrogen) atoms. The van der Waals surface area contributed by atoms with Crippen molar-refractivity contribution in [3.8, 4) is 0 Å². The van der Waals surface area contributed by atoms with Crippen LogP contribution in [0.25, 0.3) is 10.1 Å². The number of nitrogens with one attached hydrogen (secondary N) is 1. The zero-order valence-corrected chi connectivity index (χ0v) is 23.4. The van der Waals surface area contributed by atoms with Gasteiger partial charge < -0.3 is 10.1 Å². The Morgan fingerprint density at radius 1 is 0.947 bits per heavy atom. The van der Waals surface area contributed by atoms with Crippen LogP contribution in [0.4, 0.5) is 5.69 Å². The van der Waals surface area contributed by atoms with Crippen LogP contribution >= 0.6 is 11.3 Å². The third-order valence-corrected chi connectivity index (χ3v) is 9.45. The van der Waals surface area contributed by atoms with Crippen molar-refractivity contribution in [2.75, 3.05) is 25.5 Å². The number of carbonyl (C=O) groups excluding carboxylic acids is 2. The van der Waals surface area contributed by atoms with Crippen molar-refractivity contribution in [2.24, 2.45) is 0 Å². The van der Waals surface area contributed by atoms with Crippen molar-refractivity contribution in [1.29, 1.82) is 0 Å². The highest BCUT2D eigenvalue weighted by atomic mass is 32.2. The molecule has 1 N–H and O–H groups in total. The fourth-order valence-corrected chi connectivity index (χ4v) is 7.34. The molecule has 0 saturated heterocycles. The van der Waals surface area contributed by atoms with E-state index in [1.54, 1.807) is 32.0 Å². The van der Waals surface area contributed by atoms with E-state index < -0.39 is 21.9 Å². The lowest BCUT2D eigenvalue weighted by molar-refractivity contribution is -0.116. The summed E-state index contributed by atoms with van der Waals surface area (Å²) in [5.74, 6) is -0.871. The highest BCUT2D eigenvalue weighted by Gasteiger charge is 2.29. The molecule has 1 aromatic heterocycles. The quantitative estimate of drug-likeness (QED) is 0.279. The predicted molar refractivity (Wildman–Crippen MR) is 151 cm³/mol. The Morgan fingerprint density at radius 2 is 1.63 bits per heavy atom. The smallest absolute Gasteiger partial charge is 0.348 e. The van der Waals surface area contributed by atoms with Crippen molar-refractivity contribution < 1.29 is 22.7 Å². The van der Waals surface area contributed by atoms with Crippen LogP contribution in [0, 0.1) is 20.8 Å². The minimum absolute atomic E-state index is 0.151. The van der Waals surface area contributed by atoms with E-state index in [9.17, 15) is 18.0 Å². The maximum atomic E-state index is 13.9. The third-order valence-electron chi connectivity index (χ3n) is 6.20. The van der Waals surface area contributed by atoms with Gasteiger partial charge in [-0.15, -0.1) is 11.3 Å². The normalized spacial score (nSPS) is 11.6. The largest absolute Gasteiger partial charge is 0.465 e. The lowest BCUT2D eigenvalue weighted by atomic mass is 10.1. The summed E-state index contributed by atoms with van der Waals surface area (Å²) < 4.78 is 34.7. The lowest BCUT2D eigenvalue weighted by Gasteiger charge is -2.24. The Morgan fingerprint density at radius 3 is 2.29 bits per heavy atom. The molecule has 0 fully saturated rings. The molecule has 9 heteroatoms. The van der Waals surface area contributed by atoms with E-state index in [0.717, 1.165) is 21.2 Å². The number of hydrogen-bond donors (Lipinski definition) is 1. The molecule has 0 atom stereocenters. The number of ether oxygens (including phenoxy) is 1. The summed E-state index contributed by atoms with van der Waals surface area (Å²) in [4.78, 5) is 25.7. The van der Waals surface area contributed by atoms with E-state index in [1.807, 2.05) is 55.5 Å². The molecule has 0 unspecified atom stereocenters. The summed E-state index contributed by atoms with van der Waals surface area (Å²) in [6, 6.07) is 20.3. The Kier molecular flexibility index (Phi) is 8.30. The number of aryl methyl sites for hydroxylation is 3. The van der Waals surface area contributed by atoms with Gasteiger partial charge >= 0.3 is 5.97 Å². The predicted octanol–water partition coefficient (Wildman–Crippen LogP) is 5.49. The molecule has 4 rings (SSSR count). The topological polar surface area (TPSA) is 92.8 Å². The highest BCUT2D eigenvalue weighted by molar-refractivity contribution is 7.89. The highest BCUT2D eigenvalue weighted by Crippen LogP contribution is 2.29. The molecule has 0 aliphatic carbocycles. The van der Waals surface area contributed by atoms with Crippen LogP contribution in [0.5, 0.6) is 0 Å². The summed E-state index contributed by atoms with van der Waals surface area (Å²) in [6.07, 6.45) is 0.467. The number of sulfonamides is 1. The molecule has 1 amide bonds. The second-order valence-electron chi connectivity index (χ2n) is 9.21. The molecule has 0 spiro atoms. The fraction of sp³-hybridized carbons (Fsp3) is 0.241. The van der Waals surface area contributed by atoms with E-state index in [4.69, 9.17) is 4.74 Å². The summed E-state index contributed by atoms with van der Waals surface area (Å²) in [7, 11) is -2.63. The molecular weight excluding hydrogens is 520 g/mol. The van der Waals surface area contributed by atoms with Gasteiger partial charge in [-0.3, -0.25) is 4.79 Å². The third kappa shape index (κ3) is 6.12. The molecule has 1 heterocycles. The molecule has 3 aromatic carbocycles. The van der Waals surface area contributed by atoms with Crippen LogP contribution in [0.2, 0.25) is 0 Å². The van der Waals surface area contributed by atoms with Crippen LogP contribution in [0.1, 0.15) is 31.9 Å². The van der Waals surface area contributed by atoms with Gasteiger partial charge in [0.1, 0.15) is 4.88 Å². The first-order valence-corrected chi connectivity index (χ1v) is 14.4. The number of anilines is 1. The fourth-order valence-electron chi connectivity index (χ4n) is 4.57.